The molecule has 0 aromatic heterocycles. The van der Waals surface area contributed by atoms with Crippen LogP contribution in [-0.4, -0.2) is 18.4 Å². The van der Waals surface area contributed by atoms with E-state index in [4.69, 9.17) is 5.73 Å². The lowest BCUT2D eigenvalue weighted by Crippen LogP contribution is -2.39. The van der Waals surface area contributed by atoms with Crippen molar-refractivity contribution in [1.82, 2.24) is 5.32 Å². The Hall–Kier alpha value is -2.37. The standard InChI is InChI=1S/C20H25N3O2.ClH/c1-3-15-8-7-11-17(12-15)23-18(24)13-22-20(25)14(2)19(21)16-9-5-4-6-10-16;/h4-12,14,19H,3,13,21H2,1-2H3,(H,22,25)(H,23,24);1H. The zero-order valence-corrected chi connectivity index (χ0v) is 15.9. The maximum atomic E-state index is 12.2. The Morgan fingerprint density at radius 3 is 2.42 bits per heavy atom. The first-order valence-corrected chi connectivity index (χ1v) is 8.48. The van der Waals surface area contributed by atoms with E-state index in [1.807, 2.05) is 54.6 Å². The smallest absolute Gasteiger partial charge is 0.243 e. The number of hydrogen-bond acceptors (Lipinski definition) is 3. The zero-order chi connectivity index (χ0) is 18.2. The van der Waals surface area contributed by atoms with E-state index in [1.165, 1.54) is 0 Å². The van der Waals surface area contributed by atoms with Crippen LogP contribution in [0, 0.1) is 5.92 Å². The molecule has 0 aliphatic carbocycles. The molecule has 0 aliphatic rings. The van der Waals surface area contributed by atoms with Crippen molar-refractivity contribution in [1.29, 1.82) is 0 Å². The monoisotopic (exact) mass is 375 g/mol. The lowest BCUT2D eigenvalue weighted by atomic mass is 9.95. The van der Waals surface area contributed by atoms with Gasteiger partial charge in [0.05, 0.1) is 12.5 Å². The van der Waals surface area contributed by atoms with Crippen molar-refractivity contribution < 1.29 is 9.59 Å². The fraction of sp³-hybridized carbons (Fsp3) is 0.300. The Morgan fingerprint density at radius 1 is 1.08 bits per heavy atom. The van der Waals surface area contributed by atoms with Crippen molar-refractivity contribution in [3.05, 3.63) is 65.7 Å². The highest BCUT2D eigenvalue weighted by atomic mass is 35.5. The largest absolute Gasteiger partial charge is 0.347 e. The number of carbonyl (C=O) groups is 2. The number of benzene rings is 2. The van der Waals surface area contributed by atoms with Crippen LogP contribution in [0.15, 0.2) is 54.6 Å². The van der Waals surface area contributed by atoms with E-state index < -0.39 is 12.0 Å². The first-order valence-electron chi connectivity index (χ1n) is 8.48. The van der Waals surface area contributed by atoms with E-state index >= 15 is 0 Å². The molecule has 5 nitrogen and oxygen atoms in total. The molecule has 0 saturated heterocycles. The molecule has 0 bridgehead atoms. The van der Waals surface area contributed by atoms with Gasteiger partial charge in [-0.15, -0.1) is 12.4 Å². The topological polar surface area (TPSA) is 84.2 Å². The second-order valence-electron chi connectivity index (χ2n) is 6.05. The molecule has 0 fully saturated rings. The lowest BCUT2D eigenvalue weighted by molar-refractivity contribution is -0.127. The van der Waals surface area contributed by atoms with Crippen LogP contribution in [0.4, 0.5) is 5.69 Å². The molecule has 2 atom stereocenters. The molecule has 140 valence electrons. The van der Waals surface area contributed by atoms with Gasteiger partial charge >= 0.3 is 0 Å². The van der Waals surface area contributed by atoms with Crippen LogP contribution in [0.5, 0.6) is 0 Å². The molecule has 0 heterocycles. The molecule has 2 aromatic carbocycles. The number of aryl methyl sites for hydroxylation is 1. The van der Waals surface area contributed by atoms with E-state index in [0.29, 0.717) is 0 Å². The van der Waals surface area contributed by atoms with Crippen LogP contribution in [0.25, 0.3) is 0 Å². The van der Waals surface area contributed by atoms with Crippen LogP contribution in [-0.2, 0) is 16.0 Å². The Morgan fingerprint density at radius 2 is 1.77 bits per heavy atom. The van der Waals surface area contributed by atoms with Crippen LogP contribution in [0.2, 0.25) is 0 Å². The fourth-order valence-electron chi connectivity index (χ4n) is 2.53. The Balaban J connectivity index is 0.00000338. The summed E-state index contributed by atoms with van der Waals surface area (Å²) < 4.78 is 0. The average molecular weight is 376 g/mol. The molecular weight excluding hydrogens is 350 g/mol. The fourth-order valence-corrected chi connectivity index (χ4v) is 2.53. The number of halogens is 1. The van der Waals surface area contributed by atoms with Gasteiger partial charge in [0.1, 0.15) is 0 Å². The van der Waals surface area contributed by atoms with E-state index in [0.717, 1.165) is 23.2 Å². The first-order chi connectivity index (χ1) is 12.0. The molecule has 2 amide bonds. The van der Waals surface area contributed by atoms with E-state index in [2.05, 4.69) is 17.6 Å². The minimum Gasteiger partial charge on any atom is -0.347 e. The molecule has 0 saturated carbocycles. The van der Waals surface area contributed by atoms with Crippen LogP contribution in [0.3, 0.4) is 0 Å². The van der Waals surface area contributed by atoms with E-state index in [-0.39, 0.29) is 30.8 Å². The second kappa shape index (κ2) is 10.6. The summed E-state index contributed by atoms with van der Waals surface area (Å²) in [6.45, 7) is 3.73. The molecule has 0 aliphatic heterocycles. The minimum atomic E-state index is -0.432. The maximum Gasteiger partial charge on any atom is 0.243 e. The van der Waals surface area contributed by atoms with Crippen molar-refractivity contribution in [2.75, 3.05) is 11.9 Å². The summed E-state index contributed by atoms with van der Waals surface area (Å²) >= 11 is 0. The predicted octanol–water partition coefficient (Wildman–Crippen LogP) is 3.06. The summed E-state index contributed by atoms with van der Waals surface area (Å²) in [6, 6.07) is 16.7. The molecule has 4 N–H and O–H groups in total. The Labute approximate surface area is 160 Å². The highest BCUT2D eigenvalue weighted by Gasteiger charge is 2.22. The van der Waals surface area contributed by atoms with Crippen molar-refractivity contribution >= 4 is 29.9 Å². The summed E-state index contributed by atoms with van der Waals surface area (Å²) in [5, 5.41) is 5.44. The Bertz CT molecular complexity index is 722. The van der Waals surface area contributed by atoms with Gasteiger partial charge in [0.25, 0.3) is 0 Å². The number of rotatable bonds is 7. The van der Waals surface area contributed by atoms with Crippen molar-refractivity contribution in [3.8, 4) is 0 Å². The summed E-state index contributed by atoms with van der Waals surface area (Å²) in [5.41, 5.74) is 8.91. The van der Waals surface area contributed by atoms with Gasteiger partial charge in [-0.05, 0) is 29.7 Å². The second-order valence-corrected chi connectivity index (χ2v) is 6.05. The number of carbonyl (C=O) groups excluding carboxylic acids is 2. The summed E-state index contributed by atoms with van der Waals surface area (Å²) in [4.78, 5) is 24.3. The third-order valence-electron chi connectivity index (χ3n) is 4.18. The van der Waals surface area contributed by atoms with Gasteiger partial charge in [-0.25, -0.2) is 0 Å². The van der Waals surface area contributed by atoms with Crippen LogP contribution >= 0.6 is 12.4 Å². The number of amides is 2. The molecule has 6 heteroatoms. The summed E-state index contributed by atoms with van der Waals surface area (Å²) in [6.07, 6.45) is 0.898. The van der Waals surface area contributed by atoms with E-state index in [1.54, 1.807) is 6.92 Å². The molecule has 0 spiro atoms. The van der Waals surface area contributed by atoms with Gasteiger partial charge < -0.3 is 16.4 Å². The molecule has 2 aromatic rings. The predicted molar refractivity (Wildman–Crippen MR) is 107 cm³/mol. The molecular formula is C20H26ClN3O2. The third kappa shape index (κ3) is 6.17. The van der Waals surface area contributed by atoms with Gasteiger partial charge in [0.15, 0.2) is 0 Å². The zero-order valence-electron chi connectivity index (χ0n) is 15.1. The molecule has 2 unspecified atom stereocenters. The lowest BCUT2D eigenvalue weighted by Gasteiger charge is -2.19. The van der Waals surface area contributed by atoms with Crippen LogP contribution in [0.1, 0.15) is 31.0 Å². The van der Waals surface area contributed by atoms with Gasteiger partial charge in [-0.1, -0.05) is 56.3 Å². The number of nitrogens with one attached hydrogen (secondary N) is 2. The number of nitrogens with two attached hydrogens (primary N) is 1. The normalized spacial score (nSPS) is 12.4. The third-order valence-corrected chi connectivity index (χ3v) is 4.18. The summed E-state index contributed by atoms with van der Waals surface area (Å²) in [5.74, 6) is -0.936. The molecule has 26 heavy (non-hydrogen) atoms. The minimum absolute atomic E-state index is 0. The van der Waals surface area contributed by atoms with Gasteiger partial charge in [0.2, 0.25) is 11.8 Å². The number of hydrogen-bond donors (Lipinski definition) is 3. The van der Waals surface area contributed by atoms with Crippen LogP contribution < -0.4 is 16.4 Å². The van der Waals surface area contributed by atoms with Crippen molar-refractivity contribution in [2.45, 2.75) is 26.3 Å². The van der Waals surface area contributed by atoms with Crippen molar-refractivity contribution in [3.63, 3.8) is 0 Å². The van der Waals surface area contributed by atoms with E-state index in [9.17, 15) is 9.59 Å². The van der Waals surface area contributed by atoms with Gasteiger partial charge in [-0.3, -0.25) is 9.59 Å². The Kier molecular flexibility index (Phi) is 8.82. The van der Waals surface area contributed by atoms with Crippen molar-refractivity contribution in [2.24, 2.45) is 11.7 Å². The molecule has 2 rings (SSSR count). The quantitative estimate of drug-likeness (QED) is 0.695. The SMILES string of the molecule is CCc1cccc(NC(=O)CNC(=O)C(C)C(N)c2ccccc2)c1.Cl. The highest BCUT2D eigenvalue weighted by Crippen LogP contribution is 2.19. The average Bonchev–Trinajstić information content (AvgIpc) is 2.65. The maximum absolute atomic E-state index is 12.2. The van der Waals surface area contributed by atoms with Gasteiger partial charge in [0, 0.05) is 11.7 Å². The summed E-state index contributed by atoms with van der Waals surface area (Å²) in [7, 11) is 0. The number of anilines is 1. The van der Waals surface area contributed by atoms with Gasteiger partial charge in [-0.2, -0.15) is 0 Å². The molecule has 0 radical (unpaired) electrons. The highest BCUT2D eigenvalue weighted by molar-refractivity contribution is 5.94. The first kappa shape index (κ1) is 21.7.